The second-order valence-corrected chi connectivity index (χ2v) is 3.57. The van der Waals surface area contributed by atoms with Gasteiger partial charge in [-0.2, -0.15) is 0 Å². The zero-order valence-corrected chi connectivity index (χ0v) is 5.83. The molecule has 3 heteroatoms. The molecule has 1 fully saturated rings. The lowest BCUT2D eigenvalue weighted by Gasteiger charge is -2.24. The summed E-state index contributed by atoms with van der Waals surface area (Å²) >= 11 is 0. The highest BCUT2D eigenvalue weighted by Gasteiger charge is 2.23. The van der Waals surface area contributed by atoms with Crippen molar-refractivity contribution in [3.63, 3.8) is 0 Å². The van der Waals surface area contributed by atoms with Crippen LogP contribution >= 0.6 is 0 Å². The average molecular weight is 133 g/mol. The van der Waals surface area contributed by atoms with E-state index in [9.17, 15) is 4.21 Å². The Kier molecular flexibility index (Phi) is 2.02. The molecule has 0 bridgehead atoms. The van der Waals surface area contributed by atoms with Gasteiger partial charge in [0.05, 0.1) is 0 Å². The smallest absolute Gasteiger partial charge is 0.0398 e. The Bertz CT molecular complexity index is 96.6. The highest BCUT2D eigenvalue weighted by molar-refractivity contribution is 7.86. The lowest BCUT2D eigenvalue weighted by atomic mass is 10.4. The van der Waals surface area contributed by atoms with E-state index in [4.69, 9.17) is 0 Å². The van der Waals surface area contributed by atoms with E-state index in [1.807, 2.05) is 0 Å². The van der Waals surface area contributed by atoms with Gasteiger partial charge in [-0.15, -0.1) is 0 Å². The molecule has 1 aliphatic heterocycles. The zero-order chi connectivity index (χ0) is 5.98. The molecule has 0 saturated carbocycles. The molecule has 1 saturated heterocycles. The minimum atomic E-state index is -0.486. The Labute approximate surface area is 52.1 Å². The lowest BCUT2D eigenvalue weighted by molar-refractivity contribution is 0.573. The van der Waals surface area contributed by atoms with Gasteiger partial charge in [-0.3, -0.25) is 4.21 Å². The standard InChI is InChI=1S/C5H11NOS/c1-2-6-5-3-8(7)4-5/h5-6H,2-4H2,1H3. The van der Waals surface area contributed by atoms with Gasteiger partial charge in [0.1, 0.15) is 0 Å². The van der Waals surface area contributed by atoms with Crippen molar-refractivity contribution in [2.45, 2.75) is 13.0 Å². The van der Waals surface area contributed by atoms with Crippen LogP contribution in [0.5, 0.6) is 0 Å². The Morgan fingerprint density at radius 3 is 2.75 bits per heavy atom. The molecule has 1 heterocycles. The molecular formula is C5H11NOS. The highest BCUT2D eigenvalue weighted by Crippen LogP contribution is 2.03. The van der Waals surface area contributed by atoms with Gasteiger partial charge < -0.3 is 5.32 Å². The molecule has 1 aliphatic rings. The fraction of sp³-hybridized carbons (Fsp3) is 1.00. The molecule has 8 heavy (non-hydrogen) atoms. The molecule has 0 unspecified atom stereocenters. The van der Waals surface area contributed by atoms with Crippen LogP contribution in [0.1, 0.15) is 6.92 Å². The van der Waals surface area contributed by atoms with E-state index in [-0.39, 0.29) is 0 Å². The zero-order valence-electron chi connectivity index (χ0n) is 5.02. The van der Waals surface area contributed by atoms with Gasteiger partial charge in [-0.1, -0.05) is 6.92 Å². The number of nitrogens with one attached hydrogen (secondary N) is 1. The van der Waals surface area contributed by atoms with Crippen molar-refractivity contribution in [2.75, 3.05) is 18.1 Å². The molecule has 48 valence electrons. The summed E-state index contributed by atoms with van der Waals surface area (Å²) < 4.78 is 10.5. The molecule has 0 atom stereocenters. The lowest BCUT2D eigenvalue weighted by Crippen LogP contribution is -2.47. The third-order valence-corrected chi connectivity index (χ3v) is 2.82. The summed E-state index contributed by atoms with van der Waals surface area (Å²) in [5, 5.41) is 3.22. The van der Waals surface area contributed by atoms with Crippen LogP contribution in [0.25, 0.3) is 0 Å². The van der Waals surface area contributed by atoms with Crippen molar-refractivity contribution >= 4 is 10.8 Å². The van der Waals surface area contributed by atoms with Crippen LogP contribution in [-0.2, 0) is 10.8 Å². The first-order valence-corrected chi connectivity index (χ1v) is 4.40. The Hall–Kier alpha value is 0.110. The van der Waals surface area contributed by atoms with Crippen LogP contribution in [0.2, 0.25) is 0 Å². The summed E-state index contributed by atoms with van der Waals surface area (Å²) in [6.45, 7) is 3.07. The first kappa shape index (κ1) is 6.23. The van der Waals surface area contributed by atoms with Crippen molar-refractivity contribution in [3.05, 3.63) is 0 Å². The van der Waals surface area contributed by atoms with Crippen molar-refractivity contribution in [2.24, 2.45) is 0 Å². The van der Waals surface area contributed by atoms with Crippen LogP contribution in [0.4, 0.5) is 0 Å². The maximum atomic E-state index is 10.5. The van der Waals surface area contributed by atoms with Crippen LogP contribution < -0.4 is 5.32 Å². The molecule has 1 rings (SSSR count). The van der Waals surface area contributed by atoms with E-state index in [0.717, 1.165) is 18.1 Å². The van der Waals surface area contributed by atoms with Crippen LogP contribution in [0, 0.1) is 0 Å². The summed E-state index contributed by atoms with van der Waals surface area (Å²) in [5.74, 6) is 1.74. The minimum Gasteiger partial charge on any atom is -0.312 e. The molecule has 0 amide bonds. The molecule has 0 aromatic rings. The van der Waals surface area contributed by atoms with Crippen LogP contribution in [0.3, 0.4) is 0 Å². The topological polar surface area (TPSA) is 29.1 Å². The van der Waals surface area contributed by atoms with E-state index >= 15 is 0 Å². The quantitative estimate of drug-likeness (QED) is 0.561. The monoisotopic (exact) mass is 133 g/mol. The fourth-order valence-corrected chi connectivity index (χ4v) is 1.84. The summed E-state index contributed by atoms with van der Waals surface area (Å²) in [5.41, 5.74) is 0. The van der Waals surface area contributed by atoms with Gasteiger partial charge in [-0.25, -0.2) is 0 Å². The third-order valence-electron chi connectivity index (χ3n) is 1.27. The minimum absolute atomic E-state index is 0.486. The van der Waals surface area contributed by atoms with E-state index in [2.05, 4.69) is 12.2 Å². The molecular weight excluding hydrogens is 122 g/mol. The maximum Gasteiger partial charge on any atom is 0.0398 e. The Morgan fingerprint density at radius 2 is 2.38 bits per heavy atom. The van der Waals surface area contributed by atoms with Crippen LogP contribution in [-0.4, -0.2) is 28.3 Å². The SMILES string of the molecule is CCNC1CS(=O)C1. The fourth-order valence-electron chi connectivity index (χ4n) is 0.806. The first-order valence-electron chi connectivity index (χ1n) is 2.91. The molecule has 0 radical (unpaired) electrons. The molecule has 0 aromatic heterocycles. The summed E-state index contributed by atoms with van der Waals surface area (Å²) in [6, 6.07) is 0.556. The molecule has 0 aromatic carbocycles. The summed E-state index contributed by atoms with van der Waals surface area (Å²) in [6.07, 6.45) is 0. The average Bonchev–Trinajstić information content (AvgIpc) is 1.64. The Morgan fingerprint density at radius 1 is 1.75 bits per heavy atom. The predicted octanol–water partition coefficient (Wildman–Crippen LogP) is -0.273. The first-order chi connectivity index (χ1) is 3.83. The normalized spacial score (nSPS) is 36.6. The number of rotatable bonds is 2. The van der Waals surface area contributed by atoms with Crippen molar-refractivity contribution in [3.8, 4) is 0 Å². The molecule has 1 N–H and O–H groups in total. The molecule has 0 spiro atoms. The van der Waals surface area contributed by atoms with Crippen molar-refractivity contribution in [1.82, 2.24) is 5.32 Å². The van der Waals surface area contributed by atoms with Crippen LogP contribution in [0.15, 0.2) is 0 Å². The van der Waals surface area contributed by atoms with E-state index in [1.165, 1.54) is 0 Å². The largest absolute Gasteiger partial charge is 0.312 e. The van der Waals surface area contributed by atoms with Gasteiger partial charge in [0.15, 0.2) is 0 Å². The van der Waals surface area contributed by atoms with Gasteiger partial charge in [0.25, 0.3) is 0 Å². The van der Waals surface area contributed by atoms with Gasteiger partial charge in [-0.05, 0) is 6.54 Å². The second-order valence-electron chi connectivity index (χ2n) is 2.03. The highest BCUT2D eigenvalue weighted by atomic mass is 32.2. The van der Waals surface area contributed by atoms with E-state index < -0.39 is 10.8 Å². The Balaban J connectivity index is 2.06. The third kappa shape index (κ3) is 1.29. The second kappa shape index (κ2) is 2.60. The van der Waals surface area contributed by atoms with Gasteiger partial charge in [0, 0.05) is 28.3 Å². The maximum absolute atomic E-state index is 10.5. The molecule has 0 aliphatic carbocycles. The predicted molar refractivity (Wildman–Crippen MR) is 35.3 cm³/mol. The van der Waals surface area contributed by atoms with Gasteiger partial charge in [0.2, 0.25) is 0 Å². The number of hydrogen-bond acceptors (Lipinski definition) is 2. The van der Waals surface area contributed by atoms with Gasteiger partial charge >= 0.3 is 0 Å². The van der Waals surface area contributed by atoms with E-state index in [0.29, 0.717) is 6.04 Å². The summed E-state index contributed by atoms with van der Waals surface area (Å²) in [7, 11) is -0.486. The summed E-state index contributed by atoms with van der Waals surface area (Å²) in [4.78, 5) is 0. The van der Waals surface area contributed by atoms with E-state index in [1.54, 1.807) is 0 Å². The number of hydrogen-bond donors (Lipinski definition) is 1. The molecule has 2 nitrogen and oxygen atoms in total. The van der Waals surface area contributed by atoms with Crippen molar-refractivity contribution in [1.29, 1.82) is 0 Å². The van der Waals surface area contributed by atoms with Crippen molar-refractivity contribution < 1.29 is 4.21 Å².